The van der Waals surface area contributed by atoms with Crippen molar-refractivity contribution in [3.63, 3.8) is 0 Å². The van der Waals surface area contributed by atoms with Crippen LogP contribution in [0.4, 0.5) is 5.69 Å². The second-order valence-electron chi connectivity index (χ2n) is 5.21. The Labute approximate surface area is 114 Å². The number of benzene rings is 2. The molecule has 98 valence electrons. The van der Waals surface area contributed by atoms with Gasteiger partial charge in [0.05, 0.1) is 6.61 Å². The van der Waals surface area contributed by atoms with Crippen molar-refractivity contribution in [1.82, 2.24) is 0 Å². The summed E-state index contributed by atoms with van der Waals surface area (Å²) in [4.78, 5) is 0. The average molecular weight is 253 g/mol. The molecule has 1 atom stereocenters. The molecule has 2 aromatic carbocycles. The molecule has 0 amide bonds. The van der Waals surface area contributed by atoms with Gasteiger partial charge in [-0.05, 0) is 47.7 Å². The first-order valence-electron chi connectivity index (χ1n) is 6.74. The van der Waals surface area contributed by atoms with Gasteiger partial charge in [0.2, 0.25) is 0 Å². The summed E-state index contributed by atoms with van der Waals surface area (Å²) in [6.07, 6.45) is 1.04. The molecule has 2 aromatic rings. The molecule has 19 heavy (non-hydrogen) atoms. The summed E-state index contributed by atoms with van der Waals surface area (Å²) < 4.78 is 5.16. The zero-order valence-corrected chi connectivity index (χ0v) is 11.4. The molecule has 1 aliphatic carbocycles. The van der Waals surface area contributed by atoms with Crippen LogP contribution in [0.2, 0.25) is 0 Å². The lowest BCUT2D eigenvalue weighted by molar-refractivity contribution is 0.190. The molecule has 1 unspecified atom stereocenters. The molecule has 0 bridgehead atoms. The molecule has 2 heteroatoms. The highest BCUT2D eigenvalue weighted by atomic mass is 16.5. The fourth-order valence-corrected chi connectivity index (χ4v) is 2.81. The fraction of sp³-hybridized carbons (Fsp3) is 0.294. The lowest BCUT2D eigenvalue weighted by atomic mass is 10.1. The van der Waals surface area contributed by atoms with E-state index in [0.29, 0.717) is 6.04 Å². The number of hydrogen-bond acceptors (Lipinski definition) is 2. The number of methoxy groups -OCH3 is 1. The first kappa shape index (κ1) is 12.2. The third-order valence-electron chi connectivity index (χ3n) is 3.62. The van der Waals surface area contributed by atoms with E-state index in [-0.39, 0.29) is 0 Å². The Morgan fingerprint density at radius 2 is 1.89 bits per heavy atom. The summed E-state index contributed by atoms with van der Waals surface area (Å²) >= 11 is 0. The summed E-state index contributed by atoms with van der Waals surface area (Å²) in [6.45, 7) is 2.85. The highest BCUT2D eigenvalue weighted by molar-refractivity contribution is 5.78. The predicted octanol–water partition coefficient (Wildman–Crippen LogP) is 3.70. The molecule has 0 heterocycles. The Morgan fingerprint density at radius 1 is 1.11 bits per heavy atom. The lowest BCUT2D eigenvalue weighted by Gasteiger charge is -2.15. The molecule has 0 saturated heterocycles. The van der Waals surface area contributed by atoms with Crippen molar-refractivity contribution in [3.8, 4) is 11.1 Å². The monoisotopic (exact) mass is 253 g/mol. The van der Waals surface area contributed by atoms with Crippen LogP contribution in [0, 0.1) is 0 Å². The number of fused-ring (bicyclic) bond motifs is 3. The fourth-order valence-electron chi connectivity index (χ4n) is 2.81. The molecule has 0 aliphatic heterocycles. The van der Waals surface area contributed by atoms with Gasteiger partial charge in [0.15, 0.2) is 0 Å². The number of nitrogens with one attached hydrogen (secondary N) is 1. The van der Waals surface area contributed by atoms with Gasteiger partial charge >= 0.3 is 0 Å². The first-order chi connectivity index (χ1) is 9.28. The Hall–Kier alpha value is -1.80. The zero-order chi connectivity index (χ0) is 13.2. The van der Waals surface area contributed by atoms with E-state index in [1.165, 1.54) is 27.9 Å². The van der Waals surface area contributed by atoms with E-state index in [1.807, 2.05) is 0 Å². The van der Waals surface area contributed by atoms with Crippen molar-refractivity contribution < 1.29 is 4.74 Å². The highest BCUT2D eigenvalue weighted by Gasteiger charge is 2.17. The van der Waals surface area contributed by atoms with Crippen molar-refractivity contribution in [1.29, 1.82) is 0 Å². The standard InChI is InChI=1S/C17H19NO/c1-12(11-19-2)18-15-7-8-17-14(10-15)9-13-5-3-4-6-16(13)17/h3-8,10,12,18H,9,11H2,1-2H3. The molecular formula is C17H19NO. The largest absolute Gasteiger partial charge is 0.383 e. The van der Waals surface area contributed by atoms with Crippen LogP contribution in [-0.4, -0.2) is 19.8 Å². The van der Waals surface area contributed by atoms with E-state index in [2.05, 4.69) is 54.7 Å². The maximum absolute atomic E-state index is 5.16. The van der Waals surface area contributed by atoms with Crippen molar-refractivity contribution in [2.75, 3.05) is 19.0 Å². The molecule has 0 fully saturated rings. The van der Waals surface area contributed by atoms with Gasteiger partial charge in [-0.1, -0.05) is 30.3 Å². The number of hydrogen-bond donors (Lipinski definition) is 1. The number of ether oxygens (including phenoxy) is 1. The van der Waals surface area contributed by atoms with Crippen LogP contribution >= 0.6 is 0 Å². The number of anilines is 1. The van der Waals surface area contributed by atoms with Gasteiger partial charge in [-0.25, -0.2) is 0 Å². The summed E-state index contributed by atoms with van der Waals surface area (Å²) in [5.41, 5.74) is 6.78. The van der Waals surface area contributed by atoms with Crippen molar-refractivity contribution >= 4 is 5.69 Å². The molecule has 2 nitrogen and oxygen atoms in total. The predicted molar refractivity (Wildman–Crippen MR) is 79.6 cm³/mol. The second-order valence-corrected chi connectivity index (χ2v) is 5.21. The van der Waals surface area contributed by atoms with Gasteiger partial charge in [0.25, 0.3) is 0 Å². The van der Waals surface area contributed by atoms with Crippen LogP contribution in [0.25, 0.3) is 11.1 Å². The molecular weight excluding hydrogens is 234 g/mol. The van der Waals surface area contributed by atoms with Crippen LogP contribution in [0.1, 0.15) is 18.1 Å². The third kappa shape index (κ3) is 2.36. The van der Waals surface area contributed by atoms with E-state index in [9.17, 15) is 0 Å². The van der Waals surface area contributed by atoms with E-state index in [4.69, 9.17) is 4.74 Å². The van der Waals surface area contributed by atoms with Crippen LogP contribution in [-0.2, 0) is 11.2 Å². The minimum absolute atomic E-state index is 0.326. The van der Waals surface area contributed by atoms with E-state index >= 15 is 0 Å². The van der Waals surface area contributed by atoms with Crippen LogP contribution in [0.3, 0.4) is 0 Å². The van der Waals surface area contributed by atoms with E-state index < -0.39 is 0 Å². The van der Waals surface area contributed by atoms with Crippen molar-refractivity contribution in [2.45, 2.75) is 19.4 Å². The van der Waals surface area contributed by atoms with E-state index in [0.717, 1.165) is 13.0 Å². The maximum Gasteiger partial charge on any atom is 0.0661 e. The Kier molecular flexibility index (Phi) is 3.26. The summed E-state index contributed by atoms with van der Waals surface area (Å²) in [7, 11) is 1.73. The topological polar surface area (TPSA) is 21.3 Å². The summed E-state index contributed by atoms with van der Waals surface area (Å²) in [5, 5.41) is 3.47. The summed E-state index contributed by atoms with van der Waals surface area (Å²) in [5.74, 6) is 0. The maximum atomic E-state index is 5.16. The van der Waals surface area contributed by atoms with Gasteiger partial charge in [-0.3, -0.25) is 0 Å². The molecule has 1 aliphatic rings. The Morgan fingerprint density at radius 3 is 2.74 bits per heavy atom. The highest BCUT2D eigenvalue weighted by Crippen LogP contribution is 2.37. The van der Waals surface area contributed by atoms with Gasteiger partial charge in [0.1, 0.15) is 0 Å². The minimum Gasteiger partial charge on any atom is -0.383 e. The SMILES string of the molecule is COCC(C)Nc1ccc2c(c1)Cc1ccccc1-2. The smallest absolute Gasteiger partial charge is 0.0661 e. The molecule has 0 saturated carbocycles. The normalized spacial score (nSPS) is 13.8. The van der Waals surface area contributed by atoms with Crippen LogP contribution < -0.4 is 5.32 Å². The molecule has 0 radical (unpaired) electrons. The lowest BCUT2D eigenvalue weighted by Crippen LogP contribution is -2.20. The van der Waals surface area contributed by atoms with Gasteiger partial charge < -0.3 is 10.1 Å². The summed E-state index contributed by atoms with van der Waals surface area (Å²) in [6, 6.07) is 15.6. The average Bonchev–Trinajstić information content (AvgIpc) is 2.76. The minimum atomic E-state index is 0.326. The molecule has 3 rings (SSSR count). The van der Waals surface area contributed by atoms with Crippen molar-refractivity contribution in [3.05, 3.63) is 53.6 Å². The Bertz CT molecular complexity index is 592. The quantitative estimate of drug-likeness (QED) is 0.765. The first-order valence-corrected chi connectivity index (χ1v) is 6.74. The molecule has 0 aromatic heterocycles. The zero-order valence-electron chi connectivity index (χ0n) is 11.4. The van der Waals surface area contributed by atoms with E-state index in [1.54, 1.807) is 7.11 Å². The van der Waals surface area contributed by atoms with Gasteiger partial charge in [-0.2, -0.15) is 0 Å². The number of rotatable bonds is 4. The van der Waals surface area contributed by atoms with Gasteiger partial charge in [-0.15, -0.1) is 0 Å². The third-order valence-corrected chi connectivity index (χ3v) is 3.62. The molecule has 1 N–H and O–H groups in total. The van der Waals surface area contributed by atoms with Crippen molar-refractivity contribution in [2.24, 2.45) is 0 Å². The molecule has 0 spiro atoms. The van der Waals surface area contributed by atoms with Crippen LogP contribution in [0.5, 0.6) is 0 Å². The van der Waals surface area contributed by atoms with Crippen LogP contribution in [0.15, 0.2) is 42.5 Å². The second kappa shape index (κ2) is 5.06. The Balaban J connectivity index is 1.85. The van der Waals surface area contributed by atoms with Gasteiger partial charge in [0, 0.05) is 18.8 Å².